The number of pyridine rings is 1. The van der Waals surface area contributed by atoms with E-state index >= 15 is 0 Å². The third-order valence-electron chi connectivity index (χ3n) is 6.42. The van der Waals surface area contributed by atoms with Gasteiger partial charge in [0, 0.05) is 43.1 Å². The van der Waals surface area contributed by atoms with E-state index < -0.39 is 0 Å². The third-order valence-corrected chi connectivity index (χ3v) is 7.31. The van der Waals surface area contributed by atoms with Gasteiger partial charge in [-0.05, 0) is 81.8 Å². The molecule has 5 heteroatoms. The lowest BCUT2D eigenvalue weighted by Gasteiger charge is -2.48. The van der Waals surface area contributed by atoms with Crippen molar-refractivity contribution in [2.24, 2.45) is 0 Å². The van der Waals surface area contributed by atoms with E-state index in [1.54, 1.807) is 6.92 Å². The minimum atomic E-state index is 0.00451. The van der Waals surface area contributed by atoms with Gasteiger partial charge in [-0.3, -0.25) is 14.7 Å². The van der Waals surface area contributed by atoms with Crippen molar-refractivity contribution in [2.75, 3.05) is 13.1 Å². The van der Waals surface area contributed by atoms with Crippen molar-refractivity contribution in [1.29, 1.82) is 0 Å². The Kier molecular flexibility index (Phi) is 5.95. The fraction of sp³-hybridized carbons (Fsp3) is 0.520. The fourth-order valence-corrected chi connectivity index (χ4v) is 5.02. The number of rotatable bonds is 3. The molecule has 0 saturated carbocycles. The highest BCUT2D eigenvalue weighted by atomic mass is 32.2. The molecule has 160 valence electrons. The Bertz CT molecular complexity index is 910. The van der Waals surface area contributed by atoms with Crippen LogP contribution in [0.25, 0.3) is 11.3 Å². The summed E-state index contributed by atoms with van der Waals surface area (Å²) in [5.74, 6) is 1.72. The number of hydrogen-bond acceptors (Lipinski definition) is 5. The van der Waals surface area contributed by atoms with Gasteiger partial charge in [0.15, 0.2) is 5.12 Å². The van der Waals surface area contributed by atoms with Crippen LogP contribution in [0.1, 0.15) is 58.1 Å². The summed E-state index contributed by atoms with van der Waals surface area (Å²) in [4.78, 5) is 18.3. The quantitative estimate of drug-likeness (QED) is 0.652. The SMILES string of the molecule is CC(=O)SCc1ccc(-c2ccc3c(c2)CCC2(CCN(C(C)(C)C)CC2)O3)nc1. The Morgan fingerprint density at radius 3 is 2.57 bits per heavy atom. The molecule has 3 heterocycles. The molecule has 0 amide bonds. The summed E-state index contributed by atoms with van der Waals surface area (Å²) in [7, 11) is 0. The molecule has 4 rings (SSSR count). The average molecular weight is 425 g/mol. The van der Waals surface area contributed by atoms with Crippen LogP contribution >= 0.6 is 11.8 Å². The lowest BCUT2D eigenvalue weighted by Crippen LogP contribution is -2.54. The number of aromatic nitrogens is 1. The minimum Gasteiger partial charge on any atom is -0.487 e. The van der Waals surface area contributed by atoms with Gasteiger partial charge in [0.25, 0.3) is 0 Å². The molecule has 1 fully saturated rings. The van der Waals surface area contributed by atoms with E-state index in [1.807, 2.05) is 12.3 Å². The van der Waals surface area contributed by atoms with E-state index in [4.69, 9.17) is 4.74 Å². The van der Waals surface area contributed by atoms with Gasteiger partial charge in [-0.25, -0.2) is 0 Å². The predicted octanol–water partition coefficient (Wildman–Crippen LogP) is 5.49. The zero-order valence-corrected chi connectivity index (χ0v) is 19.3. The van der Waals surface area contributed by atoms with Crippen LogP contribution in [0, 0.1) is 0 Å². The molecular weight excluding hydrogens is 392 g/mol. The molecular formula is C25H32N2O2S. The molecule has 1 spiro atoms. The van der Waals surface area contributed by atoms with Crippen molar-refractivity contribution >= 4 is 16.9 Å². The molecule has 0 atom stereocenters. The van der Waals surface area contributed by atoms with Gasteiger partial charge in [-0.1, -0.05) is 17.8 Å². The fourth-order valence-electron chi connectivity index (χ4n) is 4.48. The number of nitrogens with zero attached hydrogens (tertiary/aromatic N) is 2. The van der Waals surface area contributed by atoms with E-state index in [0.717, 1.165) is 61.3 Å². The molecule has 0 N–H and O–H groups in total. The Balaban J connectivity index is 1.44. The maximum absolute atomic E-state index is 11.1. The number of piperidine rings is 1. The first-order chi connectivity index (χ1) is 14.2. The van der Waals surface area contributed by atoms with E-state index in [-0.39, 0.29) is 16.3 Å². The molecule has 4 nitrogen and oxygen atoms in total. The molecule has 0 unspecified atom stereocenters. The van der Waals surface area contributed by atoms with E-state index in [2.05, 4.69) is 54.9 Å². The maximum Gasteiger partial charge on any atom is 0.186 e. The second-order valence-electron chi connectivity index (χ2n) is 9.60. The Morgan fingerprint density at radius 1 is 1.17 bits per heavy atom. The van der Waals surface area contributed by atoms with Crippen molar-refractivity contribution in [3.63, 3.8) is 0 Å². The summed E-state index contributed by atoms with van der Waals surface area (Å²) in [6, 6.07) is 10.6. The normalized spacial score (nSPS) is 18.7. The van der Waals surface area contributed by atoms with E-state index in [1.165, 1.54) is 17.3 Å². The van der Waals surface area contributed by atoms with Crippen molar-refractivity contribution in [1.82, 2.24) is 9.88 Å². The summed E-state index contributed by atoms with van der Waals surface area (Å²) in [5, 5.41) is 0.135. The highest BCUT2D eigenvalue weighted by molar-refractivity contribution is 8.12. The van der Waals surface area contributed by atoms with Crippen molar-refractivity contribution < 1.29 is 9.53 Å². The minimum absolute atomic E-state index is 0.00451. The number of fused-ring (bicyclic) bond motifs is 1. The summed E-state index contributed by atoms with van der Waals surface area (Å²) in [5.41, 5.74) is 4.69. The number of ether oxygens (including phenoxy) is 1. The van der Waals surface area contributed by atoms with Gasteiger partial charge in [0.1, 0.15) is 11.4 Å². The molecule has 1 aromatic carbocycles. The smallest absolute Gasteiger partial charge is 0.186 e. The lowest BCUT2D eigenvalue weighted by atomic mass is 9.81. The van der Waals surface area contributed by atoms with Gasteiger partial charge >= 0.3 is 0 Å². The number of benzene rings is 1. The van der Waals surface area contributed by atoms with Crippen molar-refractivity contribution in [2.45, 2.75) is 70.3 Å². The standard InChI is InChI=1S/C25H32N2O2S/c1-18(28)30-17-19-5-7-22(26-16-19)20-6-8-23-21(15-20)9-10-25(29-23)11-13-27(14-12-25)24(2,3)4/h5-8,15-16H,9-14,17H2,1-4H3. The largest absolute Gasteiger partial charge is 0.487 e. The van der Waals surface area contributed by atoms with Crippen molar-refractivity contribution in [3.05, 3.63) is 47.7 Å². The third kappa shape index (κ3) is 4.73. The van der Waals surface area contributed by atoms with E-state index in [9.17, 15) is 4.79 Å². The molecule has 1 aromatic heterocycles. The van der Waals surface area contributed by atoms with Crippen LogP contribution in [-0.2, 0) is 17.0 Å². The summed E-state index contributed by atoms with van der Waals surface area (Å²) in [6.07, 6.45) is 6.24. The Hall–Kier alpha value is -1.85. The lowest BCUT2D eigenvalue weighted by molar-refractivity contribution is -0.109. The molecule has 1 saturated heterocycles. The van der Waals surface area contributed by atoms with Crippen LogP contribution in [0.5, 0.6) is 5.75 Å². The highest BCUT2D eigenvalue weighted by Gasteiger charge is 2.41. The first-order valence-electron chi connectivity index (χ1n) is 10.9. The second kappa shape index (κ2) is 8.35. The van der Waals surface area contributed by atoms with Gasteiger partial charge in [-0.15, -0.1) is 0 Å². The second-order valence-corrected chi connectivity index (χ2v) is 10.7. The van der Waals surface area contributed by atoms with Gasteiger partial charge in [0.05, 0.1) is 5.69 Å². The van der Waals surface area contributed by atoms with Gasteiger partial charge in [-0.2, -0.15) is 0 Å². The predicted molar refractivity (Wildman–Crippen MR) is 124 cm³/mol. The molecule has 0 bridgehead atoms. The number of thioether (sulfide) groups is 1. The Morgan fingerprint density at radius 2 is 1.93 bits per heavy atom. The average Bonchev–Trinajstić information content (AvgIpc) is 2.72. The van der Waals surface area contributed by atoms with Crippen LogP contribution in [0.3, 0.4) is 0 Å². The first-order valence-corrected chi connectivity index (χ1v) is 11.9. The monoisotopic (exact) mass is 424 g/mol. The number of carbonyl (C=O) groups excluding carboxylic acids is 1. The van der Waals surface area contributed by atoms with Crippen LogP contribution in [0.4, 0.5) is 0 Å². The number of carbonyl (C=O) groups is 1. The summed E-state index contributed by atoms with van der Waals surface area (Å²) in [6.45, 7) is 10.7. The molecule has 0 radical (unpaired) electrons. The van der Waals surface area contributed by atoms with E-state index in [0.29, 0.717) is 5.75 Å². The summed E-state index contributed by atoms with van der Waals surface area (Å²) < 4.78 is 6.60. The zero-order valence-electron chi connectivity index (χ0n) is 18.5. The number of aryl methyl sites for hydroxylation is 1. The first kappa shape index (κ1) is 21.4. The van der Waals surface area contributed by atoms with Crippen LogP contribution in [0.15, 0.2) is 36.5 Å². The number of hydrogen-bond donors (Lipinski definition) is 0. The van der Waals surface area contributed by atoms with Crippen molar-refractivity contribution in [3.8, 4) is 17.0 Å². The van der Waals surface area contributed by atoms with Gasteiger partial charge < -0.3 is 4.74 Å². The molecule has 2 aliphatic rings. The molecule has 0 aliphatic carbocycles. The molecule has 2 aromatic rings. The number of likely N-dealkylation sites (tertiary alicyclic amines) is 1. The summed E-state index contributed by atoms with van der Waals surface area (Å²) >= 11 is 1.32. The topological polar surface area (TPSA) is 42.4 Å². The van der Waals surface area contributed by atoms with Crippen LogP contribution in [-0.4, -0.2) is 39.2 Å². The maximum atomic E-state index is 11.1. The molecule has 2 aliphatic heterocycles. The zero-order chi connectivity index (χ0) is 21.4. The van der Waals surface area contributed by atoms with Crippen LogP contribution in [0.2, 0.25) is 0 Å². The highest BCUT2D eigenvalue weighted by Crippen LogP contribution is 2.41. The van der Waals surface area contributed by atoms with Gasteiger partial charge in [0.2, 0.25) is 0 Å². The molecule has 30 heavy (non-hydrogen) atoms. The van der Waals surface area contributed by atoms with Crippen LogP contribution < -0.4 is 4.74 Å². The Labute approximate surface area is 184 Å².